The number of allylic oxidation sites excluding steroid dienone is 4. The van der Waals surface area contributed by atoms with Crippen molar-refractivity contribution in [3.8, 4) is 0 Å². The summed E-state index contributed by atoms with van der Waals surface area (Å²) in [6.45, 7) is 6.28. The van der Waals surface area contributed by atoms with Crippen LogP contribution in [0.4, 0.5) is 5.69 Å². The Morgan fingerprint density at radius 3 is 2.15 bits per heavy atom. The fraction of sp³-hybridized carbons (Fsp3) is 0.250. The summed E-state index contributed by atoms with van der Waals surface area (Å²) in [6.07, 6.45) is 10.6. The molecule has 0 atom stereocenters. The van der Waals surface area contributed by atoms with Gasteiger partial charge in [-0.25, -0.2) is 0 Å². The van der Waals surface area contributed by atoms with E-state index in [4.69, 9.17) is 2.74 Å². The number of nitro benzene ring substituents is 1. The molecule has 0 aliphatic heterocycles. The van der Waals surface area contributed by atoms with Crippen LogP contribution in [0.2, 0.25) is 0 Å². The van der Waals surface area contributed by atoms with E-state index < -0.39 is 4.92 Å². The van der Waals surface area contributed by atoms with E-state index in [0.717, 1.165) is 29.5 Å². The molecule has 27 heavy (non-hydrogen) atoms. The lowest BCUT2D eigenvalue weighted by atomic mass is 10.0. The third-order valence-electron chi connectivity index (χ3n) is 4.14. The van der Waals surface area contributed by atoms with Gasteiger partial charge < -0.3 is 0 Å². The molecule has 0 aliphatic carbocycles. The molecule has 140 valence electrons. The van der Waals surface area contributed by atoms with Gasteiger partial charge in [-0.05, 0) is 68.9 Å². The Labute approximate surface area is 164 Å². The molecule has 0 unspecified atom stereocenters. The molecule has 0 spiro atoms. The van der Waals surface area contributed by atoms with Crippen molar-refractivity contribution in [3.05, 3.63) is 98.6 Å². The number of hydrogen-bond acceptors (Lipinski definition) is 2. The summed E-state index contributed by atoms with van der Waals surface area (Å²) in [5, 5.41) is 10.7. The molecule has 0 saturated heterocycles. The van der Waals surface area contributed by atoms with Gasteiger partial charge in [0.2, 0.25) is 0 Å². The second-order valence-corrected chi connectivity index (χ2v) is 6.81. The number of nitrogens with zero attached hydrogens (tertiary/aromatic N) is 1. The Morgan fingerprint density at radius 2 is 1.59 bits per heavy atom. The molecule has 0 radical (unpaired) electrons. The highest BCUT2D eigenvalue weighted by Crippen LogP contribution is 2.15. The van der Waals surface area contributed by atoms with Gasteiger partial charge in [0.1, 0.15) is 0 Å². The monoisotopic (exact) mass is 363 g/mol. The van der Waals surface area contributed by atoms with Crippen LogP contribution in [0.1, 0.15) is 53.0 Å². The van der Waals surface area contributed by atoms with Crippen molar-refractivity contribution in [3.63, 3.8) is 0 Å². The molecule has 3 heteroatoms. The molecule has 0 saturated carbocycles. The van der Waals surface area contributed by atoms with E-state index in [1.54, 1.807) is 24.3 Å². The first-order valence-corrected chi connectivity index (χ1v) is 9.08. The maximum absolute atomic E-state index is 10.7. The Kier molecular flexibility index (Phi) is 6.64. The van der Waals surface area contributed by atoms with Gasteiger partial charge in [-0.1, -0.05) is 59.7 Å². The topological polar surface area (TPSA) is 43.1 Å². The summed E-state index contributed by atoms with van der Waals surface area (Å²) in [5.41, 5.74) is 4.95. The average Bonchev–Trinajstić information content (AvgIpc) is 2.65. The van der Waals surface area contributed by atoms with Crippen LogP contribution >= 0.6 is 0 Å². The molecule has 0 bridgehead atoms. The molecule has 2 aromatic carbocycles. The van der Waals surface area contributed by atoms with E-state index in [0.29, 0.717) is 18.5 Å². The van der Waals surface area contributed by atoms with Crippen LogP contribution in [0.25, 0.3) is 12.2 Å². The van der Waals surface area contributed by atoms with Gasteiger partial charge in [0.05, 0.1) is 7.66 Å². The maximum Gasteiger partial charge on any atom is 0.269 e. The molecule has 0 amide bonds. The smallest absolute Gasteiger partial charge is 0.258 e. The zero-order valence-electron chi connectivity index (χ0n) is 18.2. The summed E-state index contributed by atoms with van der Waals surface area (Å²) in [5.74, 6) is 0. The van der Waals surface area contributed by atoms with Crippen molar-refractivity contribution in [1.82, 2.24) is 0 Å². The molecule has 2 rings (SSSR count). The highest BCUT2D eigenvalue weighted by Gasteiger charge is 2.02. The second kappa shape index (κ2) is 10.3. The first kappa shape index (κ1) is 17.5. The molecule has 0 heterocycles. The van der Waals surface area contributed by atoms with E-state index in [1.165, 1.54) is 23.3 Å². The lowest BCUT2D eigenvalue weighted by molar-refractivity contribution is -0.384. The van der Waals surface area contributed by atoms with Crippen LogP contribution in [0.5, 0.6) is 0 Å². The summed E-state index contributed by atoms with van der Waals surface area (Å²) in [4.78, 5) is 10.3. The fourth-order valence-electron chi connectivity index (χ4n) is 2.50. The van der Waals surface area contributed by atoms with Crippen molar-refractivity contribution in [2.24, 2.45) is 0 Å². The molecule has 3 nitrogen and oxygen atoms in total. The van der Waals surface area contributed by atoms with Crippen LogP contribution in [-0.2, 0) is 6.42 Å². The largest absolute Gasteiger partial charge is 0.269 e. The Morgan fingerprint density at radius 1 is 1.00 bits per heavy atom. The van der Waals surface area contributed by atoms with Crippen molar-refractivity contribution < 1.29 is 7.66 Å². The van der Waals surface area contributed by atoms with Gasteiger partial charge in [-0.15, -0.1) is 0 Å². The van der Waals surface area contributed by atoms with Crippen molar-refractivity contribution >= 4 is 17.8 Å². The molecule has 0 aliphatic rings. The summed E-state index contributed by atoms with van der Waals surface area (Å²) >= 11 is 0. The Bertz CT molecular complexity index is 930. The first-order valence-electron chi connectivity index (χ1n) is 10.1. The standard InChI is InChI=1S/C24H27NO2/c1-19(2)5-4-6-20(3)7-8-21-9-11-22(12-10-21)13-14-23-15-17-24(18-16-23)25(26)27/h5,7,9-18H,4,6,8H2,1-3H3/i9D,10D. The second-order valence-electron chi connectivity index (χ2n) is 6.81. The highest BCUT2D eigenvalue weighted by atomic mass is 16.6. The number of nitro groups is 1. The third-order valence-corrected chi connectivity index (χ3v) is 4.14. The van der Waals surface area contributed by atoms with E-state index in [2.05, 4.69) is 32.9 Å². The van der Waals surface area contributed by atoms with Crippen molar-refractivity contribution in [1.29, 1.82) is 0 Å². The molecule has 0 aromatic heterocycles. The summed E-state index contributed by atoms with van der Waals surface area (Å²) in [6, 6.07) is 10.5. The van der Waals surface area contributed by atoms with E-state index >= 15 is 0 Å². The first-order chi connectivity index (χ1) is 13.8. The summed E-state index contributed by atoms with van der Waals surface area (Å²) < 4.78 is 16.6. The van der Waals surface area contributed by atoms with Gasteiger partial charge in [0.15, 0.2) is 0 Å². The van der Waals surface area contributed by atoms with Crippen LogP contribution in [0.15, 0.2) is 71.8 Å². The lowest BCUT2D eigenvalue weighted by Crippen LogP contribution is -1.86. The highest BCUT2D eigenvalue weighted by molar-refractivity contribution is 5.70. The lowest BCUT2D eigenvalue weighted by Gasteiger charge is -2.02. The maximum atomic E-state index is 10.7. The van der Waals surface area contributed by atoms with Crippen molar-refractivity contribution in [2.45, 2.75) is 40.0 Å². The van der Waals surface area contributed by atoms with Gasteiger partial charge in [0, 0.05) is 12.1 Å². The SMILES string of the molecule is [2H]c1cc(C=Cc2ccc([N+](=O)[O-])cc2)cc([2H])c1CC=C(C)CCC=C(C)C. The minimum Gasteiger partial charge on any atom is -0.258 e. The number of rotatable bonds is 8. The Hall–Kier alpha value is -2.94. The normalized spacial score (nSPS) is 12.6. The number of non-ortho nitro benzene ring substituents is 1. The minimum absolute atomic E-state index is 0.0533. The quantitative estimate of drug-likeness (QED) is 0.219. The zero-order valence-corrected chi connectivity index (χ0v) is 16.2. The molecular weight excluding hydrogens is 334 g/mol. The van der Waals surface area contributed by atoms with Gasteiger partial charge in [-0.2, -0.15) is 0 Å². The van der Waals surface area contributed by atoms with E-state index in [-0.39, 0.29) is 5.69 Å². The number of benzene rings is 2. The van der Waals surface area contributed by atoms with Crippen LogP contribution in [-0.4, -0.2) is 4.92 Å². The molecule has 0 N–H and O–H groups in total. The van der Waals surface area contributed by atoms with Crippen LogP contribution in [0.3, 0.4) is 0 Å². The average molecular weight is 363 g/mol. The molecule has 0 fully saturated rings. The van der Waals surface area contributed by atoms with Crippen LogP contribution < -0.4 is 0 Å². The predicted octanol–water partition coefficient (Wildman–Crippen LogP) is 7.00. The Balaban J connectivity index is 2.08. The number of hydrogen-bond donors (Lipinski definition) is 0. The summed E-state index contributed by atoms with van der Waals surface area (Å²) in [7, 11) is 0. The van der Waals surface area contributed by atoms with E-state index in [9.17, 15) is 10.1 Å². The molecular formula is C24H27NO2. The molecule has 2 aromatic rings. The minimum atomic E-state index is -0.428. The van der Waals surface area contributed by atoms with Gasteiger partial charge in [-0.3, -0.25) is 10.1 Å². The van der Waals surface area contributed by atoms with E-state index in [1.807, 2.05) is 12.2 Å². The fourth-order valence-corrected chi connectivity index (χ4v) is 2.50. The van der Waals surface area contributed by atoms with Crippen molar-refractivity contribution in [2.75, 3.05) is 0 Å². The van der Waals surface area contributed by atoms with Gasteiger partial charge in [0.25, 0.3) is 5.69 Å². The van der Waals surface area contributed by atoms with Crippen LogP contribution in [0, 0.1) is 10.1 Å². The third kappa shape index (κ3) is 7.45. The van der Waals surface area contributed by atoms with Gasteiger partial charge >= 0.3 is 0 Å². The predicted molar refractivity (Wildman–Crippen MR) is 115 cm³/mol. The zero-order chi connectivity index (χ0) is 21.4.